The van der Waals surface area contributed by atoms with Gasteiger partial charge in [0, 0.05) is 30.6 Å². The quantitative estimate of drug-likeness (QED) is 0.838. The molecule has 5 rings (SSSR count). The Morgan fingerprint density at radius 1 is 1.16 bits per heavy atom. The maximum Gasteiger partial charge on any atom is 0.224 e. The Kier molecular flexibility index (Phi) is 3.31. The van der Waals surface area contributed by atoms with Crippen LogP contribution >= 0.6 is 0 Å². The van der Waals surface area contributed by atoms with Crippen molar-refractivity contribution in [2.24, 2.45) is 0 Å². The van der Waals surface area contributed by atoms with Gasteiger partial charge in [0.15, 0.2) is 0 Å². The molecule has 3 aliphatic rings. The maximum absolute atomic E-state index is 5.61. The zero-order valence-corrected chi connectivity index (χ0v) is 15.1. The summed E-state index contributed by atoms with van der Waals surface area (Å²) in [7, 11) is 3.94. The van der Waals surface area contributed by atoms with Crippen LogP contribution in [0.3, 0.4) is 0 Å². The largest absolute Gasteiger partial charge is 0.480 e. The van der Waals surface area contributed by atoms with Gasteiger partial charge in [0.1, 0.15) is 6.33 Å². The monoisotopic (exact) mass is 335 g/mol. The molecule has 0 saturated heterocycles. The number of benzene rings is 1. The first-order valence-electron chi connectivity index (χ1n) is 9.47. The number of methoxy groups -OCH3 is 1. The number of hydrogen-bond acceptors (Lipinski definition) is 4. The third-order valence-electron chi connectivity index (χ3n) is 6.37. The number of ether oxygens (including phenoxy) is 1. The summed E-state index contributed by atoms with van der Waals surface area (Å²) in [6.07, 6.45) is 9.42. The molecular weight excluding hydrogens is 310 g/mol. The second kappa shape index (κ2) is 5.45. The van der Waals surface area contributed by atoms with Gasteiger partial charge < -0.3 is 9.64 Å². The highest BCUT2D eigenvalue weighted by atomic mass is 16.5. The van der Waals surface area contributed by atoms with Gasteiger partial charge >= 0.3 is 0 Å². The summed E-state index contributed by atoms with van der Waals surface area (Å²) in [6, 6.07) is 6.94. The molecule has 0 radical (unpaired) electrons. The zero-order chi connectivity index (χ0) is 17.0. The third kappa shape index (κ3) is 2.26. The molecule has 1 aliphatic heterocycles. The van der Waals surface area contributed by atoms with E-state index in [0.717, 1.165) is 12.1 Å². The molecule has 4 heteroatoms. The normalized spacial score (nSPS) is 21.0. The highest BCUT2D eigenvalue weighted by Crippen LogP contribution is 2.52. The highest BCUT2D eigenvalue weighted by molar-refractivity contribution is 5.77. The number of aromatic nitrogens is 2. The molecule has 1 aromatic heterocycles. The first kappa shape index (κ1) is 15.2. The molecule has 1 aromatic carbocycles. The van der Waals surface area contributed by atoms with Crippen molar-refractivity contribution < 1.29 is 4.74 Å². The number of nitrogens with zero attached hydrogens (tertiary/aromatic N) is 3. The van der Waals surface area contributed by atoms with Crippen LogP contribution in [-0.4, -0.2) is 30.7 Å². The summed E-state index contributed by atoms with van der Waals surface area (Å²) < 4.78 is 5.61. The Bertz CT molecular complexity index is 822. The van der Waals surface area contributed by atoms with E-state index >= 15 is 0 Å². The average molecular weight is 335 g/mol. The van der Waals surface area contributed by atoms with Crippen LogP contribution in [0.4, 0.5) is 5.69 Å². The molecule has 0 N–H and O–H groups in total. The summed E-state index contributed by atoms with van der Waals surface area (Å²) in [5, 5.41) is 0. The van der Waals surface area contributed by atoms with Crippen molar-refractivity contribution in [2.45, 2.75) is 49.9 Å². The van der Waals surface area contributed by atoms with Crippen molar-refractivity contribution in [1.82, 2.24) is 9.97 Å². The lowest BCUT2D eigenvalue weighted by molar-refractivity contribution is 0.398. The van der Waals surface area contributed by atoms with E-state index in [1.54, 1.807) is 13.4 Å². The van der Waals surface area contributed by atoms with Gasteiger partial charge in [-0.1, -0.05) is 18.9 Å². The molecule has 0 bridgehead atoms. The third-order valence-corrected chi connectivity index (χ3v) is 6.37. The van der Waals surface area contributed by atoms with Crippen molar-refractivity contribution in [3.63, 3.8) is 0 Å². The molecule has 0 atom stereocenters. The smallest absolute Gasteiger partial charge is 0.224 e. The molecule has 1 spiro atoms. The van der Waals surface area contributed by atoms with Crippen LogP contribution < -0.4 is 9.64 Å². The number of fused-ring (bicyclic) bond motifs is 2. The van der Waals surface area contributed by atoms with Crippen LogP contribution in [0, 0.1) is 0 Å². The maximum atomic E-state index is 5.61. The fraction of sp³-hybridized carbons (Fsp3) is 0.524. The second-order valence-electron chi connectivity index (χ2n) is 7.99. The van der Waals surface area contributed by atoms with Gasteiger partial charge in [0.25, 0.3) is 0 Å². The van der Waals surface area contributed by atoms with Crippen LogP contribution in [-0.2, 0) is 5.41 Å². The molecule has 2 heterocycles. The van der Waals surface area contributed by atoms with Gasteiger partial charge in [0.2, 0.25) is 5.88 Å². The number of anilines is 1. The lowest BCUT2D eigenvalue weighted by Crippen LogP contribution is -2.28. The molecule has 130 valence electrons. The van der Waals surface area contributed by atoms with E-state index in [1.807, 2.05) is 0 Å². The second-order valence-corrected chi connectivity index (χ2v) is 7.99. The van der Waals surface area contributed by atoms with Crippen LogP contribution in [0.2, 0.25) is 0 Å². The molecule has 2 saturated carbocycles. The molecule has 25 heavy (non-hydrogen) atoms. The standard InChI is InChI=1S/C21H25N3O/c1-24-12-21(9-3-4-10-21)16-11-15(7-8-17(16)24)18-19(14-5-6-14)22-13-23-20(18)25-2/h7-8,11,13-14H,3-6,9-10,12H2,1-2H3. The molecule has 4 nitrogen and oxygen atoms in total. The van der Waals surface area contributed by atoms with Crippen LogP contribution in [0.15, 0.2) is 24.5 Å². The van der Waals surface area contributed by atoms with E-state index in [1.165, 1.54) is 61.0 Å². The van der Waals surface area contributed by atoms with E-state index in [2.05, 4.69) is 40.1 Å². The van der Waals surface area contributed by atoms with Crippen LogP contribution in [0.5, 0.6) is 5.88 Å². The van der Waals surface area contributed by atoms with E-state index < -0.39 is 0 Å². The van der Waals surface area contributed by atoms with Crippen molar-refractivity contribution in [2.75, 3.05) is 25.6 Å². The minimum atomic E-state index is 0.350. The van der Waals surface area contributed by atoms with Crippen molar-refractivity contribution >= 4 is 5.69 Å². The SMILES string of the molecule is COc1ncnc(C2CC2)c1-c1ccc2c(c1)C1(CCCC1)CN2C. The molecular formula is C21H25N3O. The van der Waals surface area contributed by atoms with Gasteiger partial charge in [-0.05, 0) is 48.9 Å². The Morgan fingerprint density at radius 2 is 1.96 bits per heavy atom. The Balaban J connectivity index is 1.68. The minimum absolute atomic E-state index is 0.350. The summed E-state index contributed by atoms with van der Waals surface area (Å²) in [5.74, 6) is 1.28. The fourth-order valence-corrected chi connectivity index (χ4v) is 5.03. The first-order chi connectivity index (χ1) is 12.2. The van der Waals surface area contributed by atoms with E-state index in [4.69, 9.17) is 4.74 Å². The van der Waals surface area contributed by atoms with Crippen LogP contribution in [0.25, 0.3) is 11.1 Å². The predicted molar refractivity (Wildman–Crippen MR) is 99.4 cm³/mol. The Hall–Kier alpha value is -2.10. The lowest BCUT2D eigenvalue weighted by atomic mass is 9.80. The topological polar surface area (TPSA) is 38.3 Å². The summed E-state index contributed by atoms with van der Waals surface area (Å²) in [5.41, 5.74) is 6.77. The Morgan fingerprint density at radius 3 is 2.68 bits per heavy atom. The first-order valence-corrected chi connectivity index (χ1v) is 9.47. The van der Waals surface area contributed by atoms with Crippen LogP contribution in [0.1, 0.15) is 55.7 Å². The summed E-state index contributed by atoms with van der Waals surface area (Å²) in [6.45, 7) is 1.16. The van der Waals surface area contributed by atoms with Crippen molar-refractivity contribution in [1.29, 1.82) is 0 Å². The lowest BCUT2D eigenvalue weighted by Gasteiger charge is -2.24. The summed E-state index contributed by atoms with van der Waals surface area (Å²) >= 11 is 0. The average Bonchev–Trinajstić information content (AvgIpc) is 3.33. The molecule has 2 fully saturated rings. The Labute approximate surface area is 149 Å². The molecule has 0 unspecified atom stereocenters. The highest BCUT2D eigenvalue weighted by Gasteiger charge is 2.43. The van der Waals surface area contributed by atoms with Gasteiger partial charge in [-0.2, -0.15) is 0 Å². The zero-order valence-electron chi connectivity index (χ0n) is 15.1. The predicted octanol–water partition coefficient (Wildman–Crippen LogP) is 4.29. The van der Waals surface area contributed by atoms with Crippen molar-refractivity contribution in [3.05, 3.63) is 35.8 Å². The molecule has 2 aliphatic carbocycles. The fourth-order valence-electron chi connectivity index (χ4n) is 5.03. The van der Waals surface area contributed by atoms with E-state index in [9.17, 15) is 0 Å². The van der Waals surface area contributed by atoms with Gasteiger partial charge in [-0.25, -0.2) is 9.97 Å². The molecule has 0 amide bonds. The van der Waals surface area contributed by atoms with Gasteiger partial charge in [0.05, 0.1) is 18.4 Å². The van der Waals surface area contributed by atoms with E-state index in [-0.39, 0.29) is 0 Å². The summed E-state index contributed by atoms with van der Waals surface area (Å²) in [4.78, 5) is 11.5. The van der Waals surface area contributed by atoms with Crippen molar-refractivity contribution in [3.8, 4) is 17.0 Å². The molecule has 2 aromatic rings. The van der Waals surface area contributed by atoms with Gasteiger partial charge in [-0.15, -0.1) is 0 Å². The number of rotatable bonds is 3. The van der Waals surface area contributed by atoms with Gasteiger partial charge in [-0.3, -0.25) is 0 Å². The number of likely N-dealkylation sites (N-methyl/N-ethyl adjacent to an activating group) is 1. The number of hydrogen-bond donors (Lipinski definition) is 0. The minimum Gasteiger partial charge on any atom is -0.480 e. The van der Waals surface area contributed by atoms with E-state index in [0.29, 0.717) is 17.2 Å².